The molecule has 6 saturated carbocycles. The van der Waals surface area contributed by atoms with Gasteiger partial charge in [0, 0.05) is 174 Å². The minimum absolute atomic E-state index is 0. The first kappa shape index (κ1) is 107. The topological polar surface area (TPSA) is 473 Å². The molecule has 2 unspecified atom stereocenters. The molecule has 9 saturated heterocycles. The first-order chi connectivity index (χ1) is 55.0. The van der Waals surface area contributed by atoms with Crippen LogP contribution in [0.25, 0.3) is 0 Å². The smallest absolute Gasteiger partial charge is 0.240 e. The number of ether oxygens (including phenoxy) is 1. The van der Waals surface area contributed by atoms with Crippen LogP contribution in [0.1, 0.15) is 229 Å². The van der Waals surface area contributed by atoms with Gasteiger partial charge in [-0.15, -0.1) is 0 Å². The molecule has 1 aromatic rings. The molecule has 2 atom stereocenters. The van der Waals surface area contributed by atoms with E-state index in [2.05, 4.69) is 109 Å². The predicted octanol–water partition coefficient (Wildman–Crippen LogP) is 7.96. The molecular formula is C88H171N17O10S4. The summed E-state index contributed by atoms with van der Waals surface area (Å²) >= 11 is 0. The zero-order valence-corrected chi connectivity index (χ0v) is 77.7. The Hall–Kier alpha value is -4.00. The molecule has 692 valence electrons. The highest BCUT2D eigenvalue weighted by Crippen LogP contribution is 2.58. The summed E-state index contributed by atoms with van der Waals surface area (Å²) in [5.41, 5.74) is 43.5. The number of aromatic nitrogens is 3. The van der Waals surface area contributed by atoms with Gasteiger partial charge in [-0.1, -0.05) is 82.1 Å². The number of aliphatic hydroxyl groups is 3. The summed E-state index contributed by atoms with van der Waals surface area (Å²) in [6.07, 6.45) is 29.0. The lowest BCUT2D eigenvalue weighted by Gasteiger charge is -2.51. The van der Waals surface area contributed by atoms with Crippen LogP contribution in [0.15, 0.2) is 60.8 Å². The summed E-state index contributed by atoms with van der Waals surface area (Å²) in [7, 11) is -6.67. The number of allylic oxidation sites excluding steroid dienone is 3. The lowest BCUT2D eigenvalue weighted by Crippen LogP contribution is -2.56. The minimum atomic E-state index is -1.69. The maximum absolute atomic E-state index is 11.5. The number of nitrogens with one attached hydrogen (secondary N) is 7. The molecule has 16 aliphatic rings. The molecule has 4 bridgehead atoms. The van der Waals surface area contributed by atoms with E-state index in [0.717, 1.165) is 245 Å². The molecule has 15 fully saturated rings. The van der Waals surface area contributed by atoms with Crippen molar-refractivity contribution in [2.45, 2.75) is 246 Å². The number of Topliss-reactive ketones (excluding diaryl/α,β-unsaturated/α-hetero) is 1. The molecular weight excluding hydrogens is 1580 g/mol. The van der Waals surface area contributed by atoms with Crippen molar-refractivity contribution in [3.8, 4) is 0 Å². The van der Waals surface area contributed by atoms with Gasteiger partial charge in [0.15, 0.2) is 0 Å². The largest absolute Gasteiger partial charge is 0.512 e. The molecule has 11 heterocycles. The summed E-state index contributed by atoms with van der Waals surface area (Å²) < 4.78 is 50.3. The Morgan fingerprint density at radius 1 is 0.555 bits per heavy atom. The van der Waals surface area contributed by atoms with Crippen LogP contribution in [0.4, 0.5) is 0 Å². The Kier molecular flexibility index (Phi) is 42.9. The number of nitrogens with two attached hydrogens (primary N) is 7. The molecule has 10 aliphatic heterocycles. The molecule has 2 spiro atoms. The van der Waals surface area contributed by atoms with Crippen molar-refractivity contribution in [2.75, 3.05) is 151 Å². The molecule has 24 N–H and O–H groups in total. The van der Waals surface area contributed by atoms with E-state index in [0.29, 0.717) is 83.2 Å². The molecule has 17 rings (SSSR count). The third-order valence-corrected chi connectivity index (χ3v) is 36.0. The number of nitrogens with zero attached hydrogens (tertiary/aromatic N) is 3. The number of aromatic amines is 1. The van der Waals surface area contributed by atoms with Gasteiger partial charge >= 0.3 is 0 Å². The summed E-state index contributed by atoms with van der Waals surface area (Å²) in [5, 5.41) is 50.9. The van der Waals surface area contributed by atoms with E-state index in [1.54, 1.807) is 6.92 Å². The van der Waals surface area contributed by atoms with Crippen LogP contribution >= 0.6 is 0 Å². The number of ketones is 1. The van der Waals surface area contributed by atoms with Gasteiger partial charge in [0.25, 0.3) is 0 Å². The molecule has 0 amide bonds. The number of amidine groups is 1. The molecule has 1 aromatic heterocycles. The second-order valence-electron chi connectivity index (χ2n) is 39.3. The molecule has 119 heavy (non-hydrogen) atoms. The molecule has 0 radical (unpaired) electrons. The Labute approximate surface area is 721 Å². The fourth-order valence-electron chi connectivity index (χ4n) is 16.7. The molecule has 0 aromatic carbocycles. The van der Waals surface area contributed by atoms with Crippen molar-refractivity contribution in [1.82, 2.24) is 47.2 Å². The van der Waals surface area contributed by atoms with Crippen LogP contribution in [-0.4, -0.2) is 250 Å². The van der Waals surface area contributed by atoms with Gasteiger partial charge in [0.05, 0.1) is 17.3 Å². The highest BCUT2D eigenvalue weighted by Gasteiger charge is 2.54. The van der Waals surface area contributed by atoms with Gasteiger partial charge in [-0.3, -0.25) is 26.7 Å². The van der Waals surface area contributed by atoms with Gasteiger partial charge in [-0.2, -0.15) is 10.1 Å². The Morgan fingerprint density at radius 2 is 1.00 bits per heavy atom. The highest BCUT2D eigenvalue weighted by atomic mass is 32.2. The van der Waals surface area contributed by atoms with Gasteiger partial charge in [-0.05, 0) is 284 Å². The van der Waals surface area contributed by atoms with Crippen LogP contribution in [0, 0.1) is 55.7 Å². The van der Waals surface area contributed by atoms with Crippen molar-refractivity contribution in [3.63, 3.8) is 0 Å². The second-order valence-corrected chi connectivity index (χ2v) is 50.2. The van der Waals surface area contributed by atoms with Crippen molar-refractivity contribution < 1.29 is 46.5 Å². The zero-order chi connectivity index (χ0) is 88.2. The third kappa shape index (κ3) is 35.0. The van der Waals surface area contributed by atoms with E-state index in [4.69, 9.17) is 49.7 Å². The molecule has 27 nitrogen and oxygen atoms in total. The van der Waals surface area contributed by atoms with E-state index in [9.17, 15) is 36.9 Å². The van der Waals surface area contributed by atoms with Crippen LogP contribution in [0.3, 0.4) is 0 Å². The highest BCUT2D eigenvalue weighted by molar-refractivity contribution is 8.01. The van der Waals surface area contributed by atoms with E-state index >= 15 is 0 Å². The molecule has 31 heteroatoms. The fraction of sp³-hybridized carbons (Fsp3) is 0.818. The Morgan fingerprint density at radius 3 is 1.29 bits per heavy atom. The number of hydrogen-bond acceptors (Lipinski definition) is 26. The number of H-pyrrole nitrogens is 1. The van der Waals surface area contributed by atoms with Crippen molar-refractivity contribution in [1.29, 1.82) is 0 Å². The van der Waals surface area contributed by atoms with E-state index < -0.39 is 38.1 Å². The predicted molar refractivity (Wildman–Crippen MR) is 507 cm³/mol. The number of aliphatic imine (C=N–C) groups is 1. The fourth-order valence-corrected chi connectivity index (χ4v) is 23.6. The Balaban J connectivity index is 0.000000273. The van der Waals surface area contributed by atoms with Crippen LogP contribution in [0.5, 0.6) is 0 Å². The number of carbonyl (C=O) groups is 1. The van der Waals surface area contributed by atoms with E-state index in [-0.39, 0.29) is 51.0 Å². The summed E-state index contributed by atoms with van der Waals surface area (Å²) in [6, 6.07) is 0.336. The monoisotopic (exact) mass is 1750 g/mol. The van der Waals surface area contributed by atoms with Gasteiger partial charge in [0.1, 0.15) is 23.8 Å². The maximum atomic E-state index is 11.5. The van der Waals surface area contributed by atoms with Crippen LogP contribution in [-0.2, 0) is 57.9 Å². The first-order valence-corrected chi connectivity index (χ1v) is 52.0. The quantitative estimate of drug-likeness (QED) is 0.0737. The average molecular weight is 1760 g/mol. The number of hydrogen-bond donors (Lipinski definition) is 17. The lowest BCUT2D eigenvalue weighted by atomic mass is 9.57. The van der Waals surface area contributed by atoms with Crippen LogP contribution in [0.2, 0.25) is 0 Å². The average Bonchev–Trinajstić information content (AvgIpc) is 1.66. The summed E-state index contributed by atoms with van der Waals surface area (Å²) in [6.45, 7) is 45.8. The summed E-state index contributed by atoms with van der Waals surface area (Å²) in [4.78, 5) is 24.0. The SMILES string of the molecule is C.C1CC2(CCO1)CNC2.C1CCNCC1.C=C(O)C1(C)CCC(N)CC1.C=C(O)C12CCC(N)(CC1)C2.C=C(O)C12CCC(N)(CC1)CC2.C=C1N=C(C(C)(C)CN)NO1.C=S1(=O)CCC(CN)C1.C=S1(=O)CCC(CN)CC1.C=S1(=O)CCC2(CC1)CNC2.C=S1(=O)CCNCC1.CC(=O)C(C)(C)C1CNC1.CC(C)(CN)c1ncn[nH]1. The summed E-state index contributed by atoms with van der Waals surface area (Å²) in [5.74, 6) is 26.0. The number of piperidine rings is 1. The van der Waals surface area contributed by atoms with Gasteiger partial charge in [-0.25, -0.2) is 10.5 Å². The lowest BCUT2D eigenvalue weighted by molar-refractivity contribution is -0.128. The number of fused-ring (bicyclic) bond motifs is 5. The van der Waals surface area contributed by atoms with Crippen molar-refractivity contribution in [3.05, 3.63) is 61.6 Å². The normalized spacial score (nSPS) is 32.3. The van der Waals surface area contributed by atoms with Crippen LogP contribution < -0.4 is 72.2 Å². The van der Waals surface area contributed by atoms with Gasteiger partial charge < -0.3 is 91.6 Å². The van der Waals surface area contributed by atoms with Crippen molar-refractivity contribution in [2.24, 2.45) is 101 Å². The minimum Gasteiger partial charge on any atom is -0.512 e. The number of hydroxylamine groups is 1. The molecule has 6 aliphatic carbocycles. The number of rotatable bonds is 11. The third-order valence-electron chi connectivity index (χ3n) is 28.2. The second kappa shape index (κ2) is 47.5. The van der Waals surface area contributed by atoms with Gasteiger partial charge in [0.2, 0.25) is 5.88 Å². The zero-order valence-electron chi connectivity index (χ0n) is 74.4. The van der Waals surface area contributed by atoms with E-state index in [1.165, 1.54) is 64.6 Å². The van der Waals surface area contributed by atoms with E-state index in [1.807, 2.05) is 41.5 Å². The standard InChI is InChI=1S/C10H17NO.C9H15NO.C9H17NO.C8H15NOS.C8H15NO.C7H13N3O.C7H15NOS.C7H13NO.C6H12N4.C6H13NOS.C5H11NOS.C5H11N.CH4/c1-8(12)9-2-5-10(11,6-3-9)7-4-9;1-7(11)8-2-4-9(10,6-8)5-3-8;1-7(11)9(2)5-3-8(10)4-6-9;1-11(10)4-2-8(3-5-11)6-9-7-8;1-6(10)8(2,3)7-4-9-5-7;1-5-9-6(10-11-5)7(2,3)4-8;1-10(9)4-2-7(6-8)3-5-10;1-3-9-4-2-7(1)5-8-6-7;1-6(2,3-7)5-8-4-9-10-5;1-9(8)3-2-6(4-7)5-9;1-8(7)4-2-6-3-5-8;1-2-4-6-5-3-1;/h12H,1-7,11H2;11H,1-6,10H2;8,11H,1,3-6,10H2,2H3;9H,1-7H2;7,9H,4-5H2,1-3H3;1,4,8H2,2-3H3,(H,9,10);7H,1-6,8H2;8H,1-6H2;4H,3,7H2,1-2H3,(H,8,9,10);6H,1-5,7H2;6H,1-5H2;6H,1-5H2;1H4. The maximum Gasteiger partial charge on any atom is 0.240 e. The number of aliphatic hydroxyl groups excluding tert-OH is 3. The Bertz CT molecular complexity index is 3700. The number of carbonyl (C=O) groups excluding carboxylic acids is 1. The first-order valence-electron chi connectivity index (χ1n) is 43.8. The van der Waals surface area contributed by atoms with Crippen molar-refractivity contribution >= 4 is 73.2 Å².